The van der Waals surface area contributed by atoms with Crippen molar-refractivity contribution in [3.8, 4) is 78.7 Å². The maximum atomic E-state index is 13.6. The number of aromatic nitrogens is 5. The summed E-state index contributed by atoms with van der Waals surface area (Å²) in [6, 6.07) is 108. The zero-order chi connectivity index (χ0) is 76.2. The third kappa shape index (κ3) is 11.8. The molecule has 0 radical (unpaired) electrons. The molecule has 0 saturated heterocycles. The van der Waals surface area contributed by atoms with Crippen molar-refractivity contribution >= 4 is 106 Å². The second-order valence-corrected chi connectivity index (χ2v) is 27.4. The molecule has 0 aliphatic carbocycles. The molecule has 21 rings (SSSR count). The number of hydrogen-bond acceptors (Lipinski definition) is 11. The van der Waals surface area contributed by atoms with Crippen LogP contribution in [0.4, 0.5) is 17.1 Å². The zero-order valence-electron chi connectivity index (χ0n) is 60.2. The van der Waals surface area contributed by atoms with Crippen LogP contribution in [0.5, 0.6) is 0 Å². The van der Waals surface area contributed by atoms with E-state index in [1.165, 1.54) is 14.7 Å². The predicted octanol–water partition coefficient (Wildman–Crippen LogP) is 21.9. The van der Waals surface area contributed by atoms with E-state index in [-0.39, 0.29) is 35.4 Å². The minimum atomic E-state index is -0.355. The van der Waals surface area contributed by atoms with Crippen LogP contribution in [-0.2, 0) is 0 Å². The van der Waals surface area contributed by atoms with Crippen molar-refractivity contribution in [1.82, 2.24) is 24.9 Å². The van der Waals surface area contributed by atoms with Crippen molar-refractivity contribution in [1.29, 1.82) is 0 Å². The Bertz CT molecular complexity index is 6530. The number of imide groups is 3. The second kappa shape index (κ2) is 28.5. The topological polar surface area (TPSA) is 177 Å². The van der Waals surface area contributed by atoms with Crippen molar-refractivity contribution in [3.05, 3.63) is 398 Å². The monoisotopic (exact) mass is 1460 g/mol. The summed E-state index contributed by atoms with van der Waals surface area (Å²) >= 11 is 0. The number of carbonyl (C=O) groups excluding carboxylic acids is 6. The molecule has 3 aromatic heterocycles. The number of anilines is 3. The number of hydrogen-bond donors (Lipinski definition) is 0. The standard InChI is InChI=1S/C33H20N4O2.2C33H20N2O2/c38-32-26-18-10-17-24-25(19-20-27(28(24)26)33(39)37(32)23-15-8-3-9-16-23)31-35-29(21-11-4-1-5-12-21)34-30(36-31)22-13-6-2-7-14-22;36-32-29-14-6-13-28-27(17-18-30(31(28)29)33(37)35(32)22-9-2-1-3-10-22)26-16-15-23(21-8-7-19-34-20-21)24-11-4-5-12-25(24)26;36-32-29-12-6-11-28-27(15-16-30(31(28)29)33(37)35(32)22-7-2-1-3-8-22)26-14-13-23(21-17-19-34-20-18-21)24-9-4-5-10-25(24)26/h1-20H;2*1-20H. The SMILES string of the molecule is O=C1c2cccc3c(-c4ccc(-c5cccnc5)c5ccccc45)ccc(c23)C(=O)N1c1ccccc1.O=C1c2cccc3c(-c4ccc(-c5ccncc5)c5ccccc45)ccc(c23)C(=O)N1c1ccccc1.O=C1c2cccc3c(-c4nc(-c5ccccc5)nc(-c5ccccc5)n4)ccc(c23)C(=O)N1c1ccccc1. The molecule has 3 aliphatic rings. The number of benzene rings is 15. The second-order valence-electron chi connectivity index (χ2n) is 27.4. The minimum absolute atomic E-state index is 0.302. The van der Waals surface area contributed by atoms with Crippen LogP contribution in [-0.4, -0.2) is 60.4 Å². The first kappa shape index (κ1) is 67.9. The maximum absolute atomic E-state index is 13.6. The predicted molar refractivity (Wildman–Crippen MR) is 447 cm³/mol. The Labute approximate surface area is 647 Å². The Morgan fingerprint density at radius 3 is 0.823 bits per heavy atom. The summed E-state index contributed by atoms with van der Waals surface area (Å²) in [7, 11) is 0. The Kier molecular flexibility index (Phi) is 17.1. The summed E-state index contributed by atoms with van der Waals surface area (Å²) in [6.07, 6.45) is 7.25. The van der Waals surface area contributed by atoms with E-state index in [1.807, 2.05) is 243 Å². The lowest BCUT2D eigenvalue weighted by Crippen LogP contribution is -2.40. The molecule has 0 saturated carbocycles. The van der Waals surface area contributed by atoms with Crippen LogP contribution in [0.25, 0.3) is 133 Å². The molecule has 0 spiro atoms. The first-order chi connectivity index (χ1) is 55.6. The van der Waals surface area contributed by atoms with Gasteiger partial charge >= 0.3 is 0 Å². The van der Waals surface area contributed by atoms with Crippen LogP contribution < -0.4 is 14.7 Å². The average molecular weight is 1460 g/mol. The number of rotatable bonds is 10. The van der Waals surface area contributed by atoms with Crippen molar-refractivity contribution in [2.24, 2.45) is 0 Å². The van der Waals surface area contributed by atoms with Crippen molar-refractivity contribution < 1.29 is 28.8 Å². The normalized spacial score (nSPS) is 12.8. The Morgan fingerprint density at radius 2 is 0.451 bits per heavy atom. The molecule has 6 amide bonds. The van der Waals surface area contributed by atoms with Gasteiger partial charge in [0.2, 0.25) is 0 Å². The fourth-order valence-corrected chi connectivity index (χ4v) is 15.9. The van der Waals surface area contributed by atoms with Gasteiger partial charge in [-0.25, -0.2) is 29.7 Å². The number of pyridine rings is 2. The molecular formula is C99H60N8O6. The van der Waals surface area contributed by atoms with E-state index < -0.39 is 0 Å². The van der Waals surface area contributed by atoms with E-state index in [0.29, 0.717) is 84.1 Å². The summed E-state index contributed by atoms with van der Waals surface area (Å²) in [6.45, 7) is 0. The summed E-state index contributed by atoms with van der Waals surface area (Å²) in [5.74, 6) is -0.360. The Hall–Kier alpha value is -15.7. The molecular weight excluding hydrogens is 1400 g/mol. The lowest BCUT2D eigenvalue weighted by atomic mass is 9.86. The molecule has 113 heavy (non-hydrogen) atoms. The molecule has 532 valence electrons. The molecule has 15 aromatic carbocycles. The van der Waals surface area contributed by atoms with E-state index >= 15 is 0 Å². The first-order valence-electron chi connectivity index (χ1n) is 36.8. The number of amides is 6. The fraction of sp³-hybridized carbons (Fsp3) is 0. The van der Waals surface area contributed by atoms with Gasteiger partial charge in [-0.2, -0.15) is 0 Å². The summed E-state index contributed by atoms with van der Waals surface area (Å²) in [4.78, 5) is 108. The Balaban J connectivity index is 0.000000114. The minimum Gasteiger partial charge on any atom is -0.268 e. The van der Waals surface area contributed by atoms with E-state index in [9.17, 15) is 28.8 Å². The highest BCUT2D eigenvalue weighted by Gasteiger charge is 2.38. The van der Waals surface area contributed by atoms with Crippen LogP contribution >= 0.6 is 0 Å². The number of carbonyl (C=O) groups is 6. The Morgan fingerprint density at radius 1 is 0.177 bits per heavy atom. The van der Waals surface area contributed by atoms with Gasteiger partial charge in [0.25, 0.3) is 35.4 Å². The largest absolute Gasteiger partial charge is 0.268 e. The maximum Gasteiger partial charge on any atom is 0.265 e. The summed E-state index contributed by atoms with van der Waals surface area (Å²) in [5, 5.41) is 9.02. The van der Waals surface area contributed by atoms with Gasteiger partial charge in [-0.15, -0.1) is 0 Å². The number of fused-ring (bicyclic) bond motifs is 2. The molecule has 6 heterocycles. The van der Waals surface area contributed by atoms with Crippen molar-refractivity contribution in [2.75, 3.05) is 14.7 Å². The summed E-state index contributed by atoms with van der Waals surface area (Å²) < 4.78 is 0. The summed E-state index contributed by atoms with van der Waals surface area (Å²) in [5.41, 5.74) is 15.7. The smallest absolute Gasteiger partial charge is 0.265 e. The van der Waals surface area contributed by atoms with Crippen LogP contribution in [0.3, 0.4) is 0 Å². The van der Waals surface area contributed by atoms with Gasteiger partial charge in [-0.3, -0.25) is 38.7 Å². The van der Waals surface area contributed by atoms with Gasteiger partial charge in [0.15, 0.2) is 17.5 Å². The highest BCUT2D eigenvalue weighted by Crippen LogP contribution is 2.46. The van der Waals surface area contributed by atoms with E-state index in [2.05, 4.69) is 64.6 Å². The molecule has 14 nitrogen and oxygen atoms in total. The van der Waals surface area contributed by atoms with E-state index in [0.717, 1.165) is 98.9 Å². The van der Waals surface area contributed by atoms with Gasteiger partial charge in [0.1, 0.15) is 0 Å². The molecule has 18 aromatic rings. The molecule has 0 unspecified atom stereocenters. The lowest BCUT2D eigenvalue weighted by Gasteiger charge is -2.28. The van der Waals surface area contributed by atoms with Gasteiger partial charge in [0, 0.05) is 96.6 Å². The van der Waals surface area contributed by atoms with Crippen LogP contribution in [0.15, 0.2) is 365 Å². The van der Waals surface area contributed by atoms with Crippen LogP contribution in [0.2, 0.25) is 0 Å². The van der Waals surface area contributed by atoms with Gasteiger partial charge in [0.05, 0.1) is 17.1 Å². The average Bonchev–Trinajstić information content (AvgIpc) is 0.734. The molecule has 0 atom stereocenters. The van der Waals surface area contributed by atoms with Gasteiger partial charge in [-0.05, 0) is 174 Å². The third-order valence-corrected chi connectivity index (χ3v) is 21.1. The van der Waals surface area contributed by atoms with Crippen LogP contribution in [0.1, 0.15) is 62.1 Å². The molecule has 0 N–H and O–H groups in total. The van der Waals surface area contributed by atoms with Gasteiger partial charge in [-0.1, -0.05) is 243 Å². The lowest BCUT2D eigenvalue weighted by molar-refractivity contribution is 0.0877. The molecule has 0 bridgehead atoms. The fourth-order valence-electron chi connectivity index (χ4n) is 15.9. The molecule has 3 aliphatic heterocycles. The van der Waals surface area contributed by atoms with E-state index in [4.69, 9.17) is 15.0 Å². The highest BCUT2D eigenvalue weighted by atomic mass is 16.2. The highest BCUT2D eigenvalue weighted by molar-refractivity contribution is 6.39. The number of nitrogens with zero attached hydrogens (tertiary/aromatic N) is 8. The third-order valence-electron chi connectivity index (χ3n) is 21.1. The molecule has 0 fully saturated rings. The van der Waals surface area contributed by atoms with Gasteiger partial charge < -0.3 is 0 Å². The molecule has 14 heteroatoms. The zero-order valence-corrected chi connectivity index (χ0v) is 60.2. The van der Waals surface area contributed by atoms with Crippen molar-refractivity contribution in [3.63, 3.8) is 0 Å². The van der Waals surface area contributed by atoms with Crippen LogP contribution in [0, 0.1) is 0 Å². The first-order valence-corrected chi connectivity index (χ1v) is 36.8. The quantitative estimate of drug-likeness (QED) is 0.119. The van der Waals surface area contributed by atoms with Crippen molar-refractivity contribution in [2.45, 2.75) is 0 Å². The van der Waals surface area contributed by atoms with E-state index in [1.54, 1.807) is 67.1 Å². The number of para-hydroxylation sites is 3.